The highest BCUT2D eigenvalue weighted by molar-refractivity contribution is 5.94. The van der Waals surface area contributed by atoms with Gasteiger partial charge in [0.2, 0.25) is 0 Å². The van der Waals surface area contributed by atoms with Crippen molar-refractivity contribution in [2.45, 2.75) is 58.5 Å². The number of carbonyl (C=O) groups is 1. The van der Waals surface area contributed by atoms with Crippen molar-refractivity contribution in [2.24, 2.45) is 4.99 Å². The molecule has 6 heteroatoms. The Kier molecular flexibility index (Phi) is 10.6. The van der Waals surface area contributed by atoms with Crippen molar-refractivity contribution in [2.75, 3.05) is 33.7 Å². The summed E-state index contributed by atoms with van der Waals surface area (Å²) in [5.41, 5.74) is 1.07. The van der Waals surface area contributed by atoms with Crippen LogP contribution in [0.25, 0.3) is 0 Å². The Hall–Kier alpha value is -2.08. The maximum atomic E-state index is 12.1. The van der Waals surface area contributed by atoms with Gasteiger partial charge in [0, 0.05) is 32.7 Å². The number of nitrogens with one attached hydrogen (secondary N) is 2. The summed E-state index contributed by atoms with van der Waals surface area (Å²) in [5, 5.41) is 17.3. The van der Waals surface area contributed by atoms with Crippen LogP contribution in [0, 0.1) is 0 Å². The number of carbonyl (C=O) groups excluding carboxylic acids is 1. The van der Waals surface area contributed by atoms with Gasteiger partial charge in [-0.1, -0.05) is 38.8 Å². The number of guanidine groups is 1. The van der Waals surface area contributed by atoms with Crippen molar-refractivity contribution in [3.8, 4) is 0 Å². The molecule has 0 aliphatic rings. The minimum Gasteiger partial charge on any atom is -0.388 e. The van der Waals surface area contributed by atoms with Gasteiger partial charge in [-0.25, -0.2) is 0 Å². The molecule has 0 aliphatic carbocycles. The van der Waals surface area contributed by atoms with E-state index in [2.05, 4.69) is 29.5 Å². The molecule has 0 saturated heterocycles. The molecule has 0 unspecified atom stereocenters. The maximum absolute atomic E-state index is 12.1. The highest BCUT2D eigenvalue weighted by Crippen LogP contribution is 2.19. The topological polar surface area (TPSA) is 77.0 Å². The van der Waals surface area contributed by atoms with Crippen LogP contribution in [0.2, 0.25) is 0 Å². The van der Waals surface area contributed by atoms with Gasteiger partial charge >= 0.3 is 0 Å². The number of rotatable bonds is 11. The normalized spacial score (nSPS) is 12.0. The standard InChI is InChI=1S/C22H38N4O2/c1-6-13-22(28,14-7-2)17-25-21(23-8-3)24-15-12-18-10-9-11-19(16-18)20(27)26(4)5/h9-11,16,28H,6-8,12-15,17H2,1-5H3,(H2,23,24,25). The van der Waals surface area contributed by atoms with Crippen molar-refractivity contribution in [3.63, 3.8) is 0 Å². The van der Waals surface area contributed by atoms with Gasteiger partial charge in [-0.2, -0.15) is 0 Å². The lowest BCUT2D eigenvalue weighted by atomic mass is 9.93. The number of aliphatic imine (C=N–C) groups is 1. The molecule has 0 aromatic heterocycles. The van der Waals surface area contributed by atoms with Crippen LogP contribution in [0.5, 0.6) is 0 Å². The molecule has 1 aromatic carbocycles. The first-order valence-electron chi connectivity index (χ1n) is 10.4. The van der Waals surface area contributed by atoms with Crippen molar-refractivity contribution in [1.29, 1.82) is 0 Å². The van der Waals surface area contributed by atoms with Crippen molar-refractivity contribution in [1.82, 2.24) is 15.5 Å². The minimum atomic E-state index is -0.729. The van der Waals surface area contributed by atoms with Crippen LogP contribution in [0.15, 0.2) is 29.3 Å². The summed E-state index contributed by atoms with van der Waals surface area (Å²) in [6.07, 6.45) is 4.19. The van der Waals surface area contributed by atoms with E-state index in [1.54, 1.807) is 19.0 Å². The van der Waals surface area contributed by atoms with E-state index in [0.29, 0.717) is 24.6 Å². The van der Waals surface area contributed by atoms with Crippen LogP contribution < -0.4 is 10.6 Å². The lowest BCUT2D eigenvalue weighted by Crippen LogP contribution is -2.40. The van der Waals surface area contributed by atoms with Gasteiger partial charge in [-0.3, -0.25) is 9.79 Å². The third kappa shape index (κ3) is 8.30. The van der Waals surface area contributed by atoms with Crippen LogP contribution in [0.4, 0.5) is 0 Å². The molecular weight excluding hydrogens is 352 g/mol. The molecule has 1 amide bonds. The summed E-state index contributed by atoms with van der Waals surface area (Å²) in [6.45, 7) is 8.06. The Morgan fingerprint density at radius 2 is 1.82 bits per heavy atom. The fraction of sp³-hybridized carbons (Fsp3) is 0.636. The molecule has 0 aliphatic heterocycles. The monoisotopic (exact) mass is 390 g/mol. The molecule has 0 radical (unpaired) electrons. The SMILES string of the molecule is CCCC(O)(CCC)CN=C(NCC)NCCc1cccc(C(=O)N(C)C)c1. The van der Waals surface area contributed by atoms with Crippen LogP contribution in [-0.4, -0.2) is 61.2 Å². The Morgan fingerprint density at radius 1 is 1.14 bits per heavy atom. The molecule has 6 nitrogen and oxygen atoms in total. The fourth-order valence-electron chi connectivity index (χ4n) is 3.23. The van der Waals surface area contributed by atoms with Gasteiger partial charge in [0.25, 0.3) is 5.91 Å². The van der Waals surface area contributed by atoms with Gasteiger partial charge in [-0.15, -0.1) is 0 Å². The van der Waals surface area contributed by atoms with Gasteiger partial charge in [0.15, 0.2) is 5.96 Å². The largest absolute Gasteiger partial charge is 0.388 e. The first-order chi connectivity index (χ1) is 13.3. The highest BCUT2D eigenvalue weighted by Gasteiger charge is 2.24. The summed E-state index contributed by atoms with van der Waals surface area (Å²) in [7, 11) is 3.52. The summed E-state index contributed by atoms with van der Waals surface area (Å²) >= 11 is 0. The third-order valence-corrected chi connectivity index (χ3v) is 4.59. The fourth-order valence-corrected chi connectivity index (χ4v) is 3.23. The third-order valence-electron chi connectivity index (χ3n) is 4.59. The minimum absolute atomic E-state index is 0.0100. The second-order valence-electron chi connectivity index (χ2n) is 7.50. The second kappa shape index (κ2) is 12.4. The van der Waals surface area contributed by atoms with E-state index in [9.17, 15) is 9.90 Å². The number of aliphatic hydroxyl groups is 1. The maximum Gasteiger partial charge on any atom is 0.253 e. The van der Waals surface area contributed by atoms with Gasteiger partial charge in [0.05, 0.1) is 12.1 Å². The Balaban J connectivity index is 2.68. The quantitative estimate of drug-likeness (QED) is 0.401. The first-order valence-corrected chi connectivity index (χ1v) is 10.4. The van der Waals surface area contributed by atoms with E-state index in [1.165, 1.54) is 0 Å². The molecule has 0 bridgehead atoms. The number of hydrogen-bond acceptors (Lipinski definition) is 3. The number of benzene rings is 1. The molecule has 158 valence electrons. The van der Waals surface area contributed by atoms with Crippen molar-refractivity contribution in [3.05, 3.63) is 35.4 Å². The molecule has 0 atom stereocenters. The van der Waals surface area contributed by atoms with Crippen LogP contribution in [0.1, 0.15) is 62.4 Å². The van der Waals surface area contributed by atoms with E-state index in [-0.39, 0.29) is 5.91 Å². The lowest BCUT2D eigenvalue weighted by Gasteiger charge is -2.26. The second-order valence-corrected chi connectivity index (χ2v) is 7.50. The molecule has 1 aromatic rings. The van der Waals surface area contributed by atoms with E-state index < -0.39 is 5.60 Å². The smallest absolute Gasteiger partial charge is 0.253 e. The van der Waals surface area contributed by atoms with Crippen LogP contribution >= 0.6 is 0 Å². The van der Waals surface area contributed by atoms with Crippen molar-refractivity contribution < 1.29 is 9.90 Å². The van der Waals surface area contributed by atoms with Gasteiger partial charge in [0.1, 0.15) is 0 Å². The first kappa shape index (κ1) is 24.0. The zero-order chi connectivity index (χ0) is 21.0. The molecule has 0 heterocycles. The van der Waals surface area contributed by atoms with E-state index in [0.717, 1.165) is 44.2 Å². The van der Waals surface area contributed by atoms with E-state index in [1.807, 2.05) is 31.2 Å². The van der Waals surface area contributed by atoms with Crippen LogP contribution in [0.3, 0.4) is 0 Å². The number of hydrogen-bond donors (Lipinski definition) is 3. The predicted octanol–water partition coefficient (Wildman–Crippen LogP) is 2.82. The molecule has 0 spiro atoms. The van der Waals surface area contributed by atoms with Gasteiger partial charge < -0.3 is 20.6 Å². The summed E-state index contributed by atoms with van der Waals surface area (Å²) in [4.78, 5) is 18.3. The average molecular weight is 391 g/mol. The molecule has 3 N–H and O–H groups in total. The molecule has 0 saturated carbocycles. The molecule has 0 fully saturated rings. The number of amides is 1. The number of nitrogens with zero attached hydrogens (tertiary/aromatic N) is 2. The summed E-state index contributed by atoms with van der Waals surface area (Å²) in [6, 6.07) is 7.73. The van der Waals surface area contributed by atoms with E-state index in [4.69, 9.17) is 0 Å². The van der Waals surface area contributed by atoms with Gasteiger partial charge in [-0.05, 0) is 43.9 Å². The summed E-state index contributed by atoms with van der Waals surface area (Å²) in [5.74, 6) is 0.726. The lowest BCUT2D eigenvalue weighted by molar-refractivity contribution is 0.0306. The highest BCUT2D eigenvalue weighted by atomic mass is 16.3. The average Bonchev–Trinajstić information content (AvgIpc) is 2.66. The zero-order valence-electron chi connectivity index (χ0n) is 18.2. The molecular formula is C22H38N4O2. The predicted molar refractivity (Wildman–Crippen MR) is 117 cm³/mol. The Bertz CT molecular complexity index is 623. The summed E-state index contributed by atoms with van der Waals surface area (Å²) < 4.78 is 0. The Morgan fingerprint density at radius 3 is 2.39 bits per heavy atom. The molecule has 28 heavy (non-hydrogen) atoms. The zero-order valence-corrected chi connectivity index (χ0v) is 18.2. The van der Waals surface area contributed by atoms with E-state index >= 15 is 0 Å². The van der Waals surface area contributed by atoms with Crippen molar-refractivity contribution >= 4 is 11.9 Å². The Labute approximate surface area is 170 Å². The van der Waals surface area contributed by atoms with Crippen LogP contribution in [-0.2, 0) is 6.42 Å². The molecule has 1 rings (SSSR count).